The summed E-state index contributed by atoms with van der Waals surface area (Å²) in [6.45, 7) is 4.24. The standard InChI is InChI=1S/C20H20ClN5O4S/c1-4-25-19(14-10-13(21)6-8-17(14)30-3)23-24-20(25)31-11-18(27)22-15-7-5-12(2)9-16(15)26(28)29/h5-10H,4,11H2,1-3H3,(H,22,27). The van der Waals surface area contributed by atoms with Gasteiger partial charge in [0.15, 0.2) is 11.0 Å². The van der Waals surface area contributed by atoms with E-state index in [2.05, 4.69) is 15.5 Å². The quantitative estimate of drug-likeness (QED) is 0.297. The zero-order chi connectivity index (χ0) is 22.5. The highest BCUT2D eigenvalue weighted by Gasteiger charge is 2.20. The molecule has 0 radical (unpaired) electrons. The maximum absolute atomic E-state index is 12.4. The number of carbonyl (C=O) groups is 1. The van der Waals surface area contributed by atoms with E-state index in [0.717, 1.165) is 5.56 Å². The third-order valence-corrected chi connectivity index (χ3v) is 5.59. The fraction of sp³-hybridized carbons (Fsp3) is 0.250. The van der Waals surface area contributed by atoms with Gasteiger partial charge in [-0.25, -0.2) is 0 Å². The molecule has 0 saturated carbocycles. The highest BCUT2D eigenvalue weighted by molar-refractivity contribution is 7.99. The van der Waals surface area contributed by atoms with Gasteiger partial charge in [-0.1, -0.05) is 29.4 Å². The molecule has 0 unspecified atom stereocenters. The fourth-order valence-corrected chi connectivity index (χ4v) is 3.92. The molecule has 0 atom stereocenters. The molecule has 1 amide bonds. The number of methoxy groups -OCH3 is 1. The van der Waals surface area contributed by atoms with Gasteiger partial charge in [0.2, 0.25) is 5.91 Å². The monoisotopic (exact) mass is 461 g/mol. The average Bonchev–Trinajstić information content (AvgIpc) is 3.16. The number of anilines is 1. The summed E-state index contributed by atoms with van der Waals surface area (Å²) in [7, 11) is 1.56. The minimum absolute atomic E-state index is 0.00977. The van der Waals surface area contributed by atoms with E-state index in [4.69, 9.17) is 16.3 Å². The van der Waals surface area contributed by atoms with Crippen LogP contribution in [-0.4, -0.2) is 38.5 Å². The molecular weight excluding hydrogens is 442 g/mol. The maximum atomic E-state index is 12.4. The molecule has 0 spiro atoms. The summed E-state index contributed by atoms with van der Waals surface area (Å²) in [4.78, 5) is 23.1. The number of aryl methyl sites for hydroxylation is 1. The lowest BCUT2D eigenvalue weighted by atomic mass is 10.2. The predicted molar refractivity (Wildman–Crippen MR) is 120 cm³/mol. The van der Waals surface area contributed by atoms with Crippen LogP contribution in [0, 0.1) is 17.0 Å². The molecule has 0 bridgehead atoms. The predicted octanol–water partition coefficient (Wildman–Crippen LogP) is 4.57. The Kier molecular flexibility index (Phi) is 7.13. The lowest BCUT2D eigenvalue weighted by molar-refractivity contribution is -0.384. The zero-order valence-electron chi connectivity index (χ0n) is 17.1. The number of ether oxygens (including phenoxy) is 1. The van der Waals surface area contributed by atoms with Gasteiger partial charge in [0.1, 0.15) is 11.4 Å². The molecule has 11 heteroatoms. The summed E-state index contributed by atoms with van der Waals surface area (Å²) >= 11 is 7.31. The highest BCUT2D eigenvalue weighted by Crippen LogP contribution is 2.33. The minimum atomic E-state index is -0.520. The molecule has 3 rings (SSSR count). The van der Waals surface area contributed by atoms with E-state index >= 15 is 0 Å². The molecule has 0 saturated heterocycles. The van der Waals surface area contributed by atoms with Crippen molar-refractivity contribution in [1.29, 1.82) is 0 Å². The maximum Gasteiger partial charge on any atom is 0.293 e. The van der Waals surface area contributed by atoms with Gasteiger partial charge >= 0.3 is 0 Å². The Labute approximate surface area is 187 Å². The number of thioether (sulfide) groups is 1. The van der Waals surface area contributed by atoms with Gasteiger partial charge in [0.05, 0.1) is 23.3 Å². The van der Waals surface area contributed by atoms with E-state index in [-0.39, 0.29) is 23.0 Å². The van der Waals surface area contributed by atoms with Gasteiger partial charge in [0, 0.05) is 17.6 Å². The van der Waals surface area contributed by atoms with Gasteiger partial charge in [0.25, 0.3) is 5.69 Å². The van der Waals surface area contributed by atoms with Gasteiger partial charge in [-0.05, 0) is 43.7 Å². The number of rotatable bonds is 8. The van der Waals surface area contributed by atoms with Crippen molar-refractivity contribution in [3.63, 3.8) is 0 Å². The number of halogens is 1. The zero-order valence-corrected chi connectivity index (χ0v) is 18.7. The number of carbonyl (C=O) groups excluding carboxylic acids is 1. The SMILES string of the molecule is CCn1c(SCC(=O)Nc2ccc(C)cc2[N+](=O)[O-])nnc1-c1cc(Cl)ccc1OC. The highest BCUT2D eigenvalue weighted by atomic mass is 35.5. The van der Waals surface area contributed by atoms with Crippen LogP contribution >= 0.6 is 23.4 Å². The van der Waals surface area contributed by atoms with Crippen LogP contribution in [0.3, 0.4) is 0 Å². The van der Waals surface area contributed by atoms with Crippen molar-refractivity contribution in [3.8, 4) is 17.1 Å². The number of hydrogen-bond donors (Lipinski definition) is 1. The molecular formula is C20H20ClN5O4S. The summed E-state index contributed by atoms with van der Waals surface area (Å²) in [5.41, 5.74) is 1.43. The number of benzene rings is 2. The summed E-state index contributed by atoms with van der Waals surface area (Å²) in [5, 5.41) is 23.3. The van der Waals surface area contributed by atoms with E-state index in [1.165, 1.54) is 23.9 Å². The average molecular weight is 462 g/mol. The Bertz CT molecular complexity index is 1130. The van der Waals surface area contributed by atoms with Crippen LogP contribution < -0.4 is 10.1 Å². The van der Waals surface area contributed by atoms with Crippen molar-refractivity contribution in [1.82, 2.24) is 14.8 Å². The number of nitro benzene ring substituents is 1. The first-order chi connectivity index (χ1) is 14.8. The van der Waals surface area contributed by atoms with E-state index in [9.17, 15) is 14.9 Å². The topological polar surface area (TPSA) is 112 Å². The summed E-state index contributed by atoms with van der Waals surface area (Å²) in [6.07, 6.45) is 0. The molecule has 1 N–H and O–H groups in total. The summed E-state index contributed by atoms with van der Waals surface area (Å²) in [5.74, 6) is 0.798. The summed E-state index contributed by atoms with van der Waals surface area (Å²) in [6, 6.07) is 9.86. The second-order valence-corrected chi connectivity index (χ2v) is 7.89. The van der Waals surface area contributed by atoms with Crippen molar-refractivity contribution < 1.29 is 14.5 Å². The lowest BCUT2D eigenvalue weighted by Gasteiger charge is -2.11. The number of nitrogens with zero attached hydrogens (tertiary/aromatic N) is 4. The lowest BCUT2D eigenvalue weighted by Crippen LogP contribution is -2.15. The van der Waals surface area contributed by atoms with Gasteiger partial charge in [-0.3, -0.25) is 14.9 Å². The molecule has 1 heterocycles. The van der Waals surface area contributed by atoms with E-state index in [0.29, 0.717) is 33.9 Å². The molecule has 1 aromatic heterocycles. The molecule has 2 aromatic carbocycles. The Morgan fingerprint density at radius 1 is 1.29 bits per heavy atom. The van der Waals surface area contributed by atoms with Crippen LogP contribution in [0.1, 0.15) is 12.5 Å². The van der Waals surface area contributed by atoms with Crippen molar-refractivity contribution >= 4 is 40.6 Å². The largest absolute Gasteiger partial charge is 0.496 e. The van der Waals surface area contributed by atoms with Gasteiger partial charge < -0.3 is 14.6 Å². The van der Waals surface area contributed by atoms with E-state index in [1.807, 2.05) is 11.5 Å². The van der Waals surface area contributed by atoms with Gasteiger partial charge in [-0.15, -0.1) is 10.2 Å². The molecule has 0 aliphatic carbocycles. The number of amides is 1. The Hall–Kier alpha value is -3.11. The molecule has 0 fully saturated rings. The number of hydrogen-bond acceptors (Lipinski definition) is 7. The molecule has 162 valence electrons. The molecule has 0 aliphatic rings. The first-order valence-electron chi connectivity index (χ1n) is 9.28. The van der Waals surface area contributed by atoms with E-state index in [1.54, 1.807) is 38.3 Å². The second-order valence-electron chi connectivity index (χ2n) is 6.51. The third kappa shape index (κ3) is 5.15. The van der Waals surface area contributed by atoms with Crippen molar-refractivity contribution in [3.05, 3.63) is 57.1 Å². The van der Waals surface area contributed by atoms with E-state index < -0.39 is 4.92 Å². The third-order valence-electron chi connectivity index (χ3n) is 4.39. The number of nitrogens with one attached hydrogen (secondary N) is 1. The van der Waals surface area contributed by atoms with Crippen LogP contribution in [0.2, 0.25) is 5.02 Å². The van der Waals surface area contributed by atoms with Crippen molar-refractivity contribution in [2.75, 3.05) is 18.2 Å². The van der Waals surface area contributed by atoms with Crippen LogP contribution in [-0.2, 0) is 11.3 Å². The Balaban J connectivity index is 1.77. The first kappa shape index (κ1) is 22.6. The fourth-order valence-electron chi connectivity index (χ4n) is 2.95. The molecule has 31 heavy (non-hydrogen) atoms. The van der Waals surface area contributed by atoms with Crippen molar-refractivity contribution in [2.45, 2.75) is 25.5 Å². The van der Waals surface area contributed by atoms with Crippen LogP contribution in [0.4, 0.5) is 11.4 Å². The summed E-state index contributed by atoms with van der Waals surface area (Å²) < 4.78 is 7.25. The molecule has 3 aromatic rings. The first-order valence-corrected chi connectivity index (χ1v) is 10.6. The smallest absolute Gasteiger partial charge is 0.293 e. The van der Waals surface area contributed by atoms with Crippen LogP contribution in [0.5, 0.6) is 5.75 Å². The Morgan fingerprint density at radius 2 is 2.06 bits per heavy atom. The van der Waals surface area contributed by atoms with Crippen LogP contribution in [0.15, 0.2) is 41.6 Å². The molecule has 9 nitrogen and oxygen atoms in total. The normalized spacial score (nSPS) is 10.7. The van der Waals surface area contributed by atoms with Crippen molar-refractivity contribution in [2.24, 2.45) is 0 Å². The minimum Gasteiger partial charge on any atom is -0.496 e. The number of aromatic nitrogens is 3. The number of nitro groups is 1. The van der Waals surface area contributed by atoms with Crippen LogP contribution in [0.25, 0.3) is 11.4 Å². The Morgan fingerprint density at radius 3 is 2.74 bits per heavy atom. The van der Waals surface area contributed by atoms with Gasteiger partial charge in [-0.2, -0.15) is 0 Å². The second kappa shape index (κ2) is 9.80. The molecule has 0 aliphatic heterocycles.